The molecule has 2 aliphatic heterocycles. The normalized spacial score (nSPS) is 17.9. The van der Waals surface area contributed by atoms with E-state index in [-0.39, 0.29) is 0 Å². The summed E-state index contributed by atoms with van der Waals surface area (Å²) in [5.74, 6) is 1.04. The summed E-state index contributed by atoms with van der Waals surface area (Å²) in [6.45, 7) is 4.85. The fourth-order valence-corrected chi connectivity index (χ4v) is 3.87. The highest BCUT2D eigenvalue weighted by Gasteiger charge is 2.15. The molecule has 0 saturated carbocycles. The number of rotatable bonds is 4. The number of hydrogen-bond acceptors (Lipinski definition) is 6. The molecule has 30 heavy (non-hydrogen) atoms. The number of nitrogens with one attached hydrogen (secondary N) is 1. The van der Waals surface area contributed by atoms with E-state index in [9.17, 15) is 0 Å². The molecule has 6 heteroatoms. The van der Waals surface area contributed by atoms with Gasteiger partial charge in [0.05, 0.1) is 31.0 Å². The molecular weight excluding hydrogens is 374 g/mol. The van der Waals surface area contributed by atoms with Gasteiger partial charge in [-0.2, -0.15) is 0 Å². The number of hydrogen-bond donors (Lipinski definition) is 1. The number of anilines is 2. The van der Waals surface area contributed by atoms with E-state index in [4.69, 9.17) is 4.42 Å². The summed E-state index contributed by atoms with van der Waals surface area (Å²) in [4.78, 5) is 13.9. The van der Waals surface area contributed by atoms with E-state index < -0.39 is 0 Å². The Labute approximate surface area is 176 Å². The number of benzene rings is 1. The summed E-state index contributed by atoms with van der Waals surface area (Å²) < 4.78 is 5.24. The van der Waals surface area contributed by atoms with E-state index in [1.54, 1.807) is 12.5 Å². The summed E-state index contributed by atoms with van der Waals surface area (Å²) in [6, 6.07) is 12.6. The van der Waals surface area contributed by atoms with Crippen molar-refractivity contribution in [1.82, 2.24) is 9.88 Å². The molecule has 152 valence electrons. The Morgan fingerprint density at radius 1 is 1.03 bits per heavy atom. The smallest absolute Gasteiger partial charge is 0.128 e. The van der Waals surface area contributed by atoms with Crippen LogP contribution in [0.15, 0.2) is 70.7 Å². The summed E-state index contributed by atoms with van der Waals surface area (Å²) in [5, 5.41) is 3.40. The molecule has 0 bridgehead atoms. The van der Waals surface area contributed by atoms with E-state index in [1.165, 1.54) is 5.56 Å². The highest BCUT2D eigenvalue weighted by Crippen LogP contribution is 2.29. The molecule has 6 nitrogen and oxygen atoms in total. The second-order valence-electron chi connectivity index (χ2n) is 7.79. The lowest BCUT2D eigenvalue weighted by Gasteiger charge is -2.33. The maximum absolute atomic E-state index is 5.24. The number of fused-ring (bicyclic) bond motifs is 1. The van der Waals surface area contributed by atoms with Gasteiger partial charge < -0.3 is 19.5 Å². The molecule has 0 atom stereocenters. The lowest BCUT2D eigenvalue weighted by atomic mass is 9.94. The number of pyridine rings is 1. The zero-order valence-electron chi connectivity index (χ0n) is 17.1. The van der Waals surface area contributed by atoms with Crippen molar-refractivity contribution in [3.05, 3.63) is 72.4 Å². The van der Waals surface area contributed by atoms with Gasteiger partial charge in [-0.1, -0.05) is 12.1 Å². The number of nitrogens with zero attached hydrogens (tertiary/aromatic N) is 4. The summed E-state index contributed by atoms with van der Waals surface area (Å²) in [6.07, 6.45) is 9.36. The topological polar surface area (TPSA) is 56.9 Å². The van der Waals surface area contributed by atoms with Gasteiger partial charge in [0.2, 0.25) is 0 Å². The molecule has 0 amide bonds. The minimum absolute atomic E-state index is 0.654. The van der Waals surface area contributed by atoms with Crippen LogP contribution in [0.4, 0.5) is 11.5 Å². The zero-order valence-corrected chi connectivity index (χ0v) is 17.1. The maximum atomic E-state index is 5.24. The quantitative estimate of drug-likeness (QED) is 0.719. The van der Waals surface area contributed by atoms with Gasteiger partial charge in [0.15, 0.2) is 0 Å². The van der Waals surface area contributed by atoms with Gasteiger partial charge in [-0.15, -0.1) is 0 Å². The predicted octanol–water partition coefficient (Wildman–Crippen LogP) is 3.98. The first-order chi connectivity index (χ1) is 14.8. The van der Waals surface area contributed by atoms with Crippen LogP contribution in [-0.4, -0.2) is 55.9 Å². The van der Waals surface area contributed by atoms with Crippen molar-refractivity contribution in [2.75, 3.05) is 50.0 Å². The Morgan fingerprint density at radius 2 is 1.93 bits per heavy atom. The molecule has 1 saturated heterocycles. The standard InChI is InChI=1S/C24H25N5O/c1-28-7-9-29(10-8-28)24-5-4-22(16-27-24)26-15-21-14-25-13-19-3-2-18(12-23(19)21)20-6-11-30-17-20/h2-6,11-13,15-17,26H,7-10,14H2,1H3. The first kappa shape index (κ1) is 18.6. The molecule has 0 unspecified atom stereocenters. The molecule has 1 aromatic carbocycles. The number of likely N-dealkylation sites (N-methyl/N-ethyl adjacent to an activating group) is 1. The van der Waals surface area contributed by atoms with Gasteiger partial charge in [0.1, 0.15) is 5.82 Å². The highest BCUT2D eigenvalue weighted by atomic mass is 16.3. The van der Waals surface area contributed by atoms with Crippen LogP contribution in [0.1, 0.15) is 11.1 Å². The Balaban J connectivity index is 1.33. The molecule has 3 aromatic rings. The van der Waals surface area contributed by atoms with Gasteiger partial charge in [0, 0.05) is 44.2 Å². The SMILES string of the molecule is CN1CCN(c2ccc(NC=C3CN=Cc4ccc(-c5ccoc5)cc43)cn2)CC1. The van der Waals surface area contributed by atoms with Gasteiger partial charge in [-0.3, -0.25) is 4.99 Å². The highest BCUT2D eigenvalue weighted by molar-refractivity contribution is 5.94. The molecule has 1 fully saturated rings. The molecule has 0 spiro atoms. The fourth-order valence-electron chi connectivity index (χ4n) is 3.87. The first-order valence-corrected chi connectivity index (χ1v) is 10.3. The number of aliphatic imine (C=N–C) groups is 1. The van der Waals surface area contributed by atoms with Gasteiger partial charge >= 0.3 is 0 Å². The molecule has 0 radical (unpaired) electrons. The second kappa shape index (κ2) is 8.16. The lowest BCUT2D eigenvalue weighted by molar-refractivity contribution is 0.312. The third-order valence-electron chi connectivity index (χ3n) is 5.73. The van der Waals surface area contributed by atoms with Crippen LogP contribution >= 0.6 is 0 Å². The van der Waals surface area contributed by atoms with Crippen LogP contribution in [0.2, 0.25) is 0 Å². The summed E-state index contributed by atoms with van der Waals surface area (Å²) in [5.41, 5.74) is 6.67. The van der Waals surface area contributed by atoms with Crippen molar-refractivity contribution < 1.29 is 4.42 Å². The Kier molecular flexibility index (Phi) is 5.07. The number of aromatic nitrogens is 1. The molecule has 1 N–H and O–H groups in total. The van der Waals surface area contributed by atoms with Crippen molar-refractivity contribution in [2.24, 2.45) is 4.99 Å². The first-order valence-electron chi connectivity index (χ1n) is 10.3. The Hall–Kier alpha value is -3.38. The molecule has 5 rings (SSSR count). The van der Waals surface area contributed by atoms with Crippen molar-refractivity contribution in [3.8, 4) is 11.1 Å². The fraction of sp³-hybridized carbons (Fsp3) is 0.250. The Morgan fingerprint density at radius 3 is 2.70 bits per heavy atom. The van der Waals surface area contributed by atoms with Crippen LogP contribution in [0.25, 0.3) is 16.7 Å². The molecule has 4 heterocycles. The van der Waals surface area contributed by atoms with Crippen LogP contribution in [0.3, 0.4) is 0 Å². The van der Waals surface area contributed by atoms with Crippen LogP contribution in [0, 0.1) is 0 Å². The van der Waals surface area contributed by atoms with Crippen LogP contribution in [-0.2, 0) is 0 Å². The van der Waals surface area contributed by atoms with Crippen molar-refractivity contribution in [2.45, 2.75) is 0 Å². The van der Waals surface area contributed by atoms with Crippen LogP contribution < -0.4 is 10.2 Å². The van der Waals surface area contributed by atoms with Gasteiger partial charge in [-0.25, -0.2) is 4.98 Å². The Bertz CT molecular complexity index is 1060. The molecular formula is C24H25N5O. The minimum atomic E-state index is 0.654. The molecule has 2 aromatic heterocycles. The minimum Gasteiger partial charge on any atom is -0.472 e. The van der Waals surface area contributed by atoms with E-state index in [1.807, 2.05) is 24.7 Å². The molecule has 2 aliphatic rings. The van der Waals surface area contributed by atoms with E-state index in [0.717, 1.165) is 59.9 Å². The third-order valence-corrected chi connectivity index (χ3v) is 5.73. The van der Waals surface area contributed by atoms with E-state index >= 15 is 0 Å². The predicted molar refractivity (Wildman–Crippen MR) is 122 cm³/mol. The molecule has 0 aliphatic carbocycles. The van der Waals surface area contributed by atoms with E-state index in [0.29, 0.717) is 6.54 Å². The summed E-state index contributed by atoms with van der Waals surface area (Å²) in [7, 11) is 2.16. The maximum Gasteiger partial charge on any atom is 0.128 e. The average molecular weight is 399 g/mol. The van der Waals surface area contributed by atoms with E-state index in [2.05, 4.69) is 62.5 Å². The largest absolute Gasteiger partial charge is 0.472 e. The number of furan rings is 1. The number of piperazine rings is 1. The third kappa shape index (κ3) is 3.86. The second-order valence-corrected chi connectivity index (χ2v) is 7.79. The zero-order chi connectivity index (χ0) is 20.3. The summed E-state index contributed by atoms with van der Waals surface area (Å²) >= 11 is 0. The van der Waals surface area contributed by atoms with Crippen molar-refractivity contribution in [3.63, 3.8) is 0 Å². The van der Waals surface area contributed by atoms with Gasteiger partial charge in [-0.05, 0) is 53.6 Å². The lowest BCUT2D eigenvalue weighted by Crippen LogP contribution is -2.44. The average Bonchev–Trinajstić information content (AvgIpc) is 3.33. The van der Waals surface area contributed by atoms with Crippen molar-refractivity contribution in [1.29, 1.82) is 0 Å². The van der Waals surface area contributed by atoms with Crippen LogP contribution in [0.5, 0.6) is 0 Å². The van der Waals surface area contributed by atoms with Gasteiger partial charge in [0.25, 0.3) is 0 Å². The van der Waals surface area contributed by atoms with Crippen molar-refractivity contribution >= 4 is 23.3 Å². The monoisotopic (exact) mass is 399 g/mol.